The van der Waals surface area contributed by atoms with Crippen LogP contribution >= 0.6 is 0 Å². The van der Waals surface area contributed by atoms with Gasteiger partial charge < -0.3 is 15.0 Å². The molecule has 0 spiro atoms. The lowest BCUT2D eigenvalue weighted by Gasteiger charge is -2.28. The summed E-state index contributed by atoms with van der Waals surface area (Å²) in [6, 6.07) is 1.85. The Labute approximate surface area is 144 Å². The molecule has 3 heterocycles. The summed E-state index contributed by atoms with van der Waals surface area (Å²) in [7, 11) is 0. The Morgan fingerprint density at radius 3 is 2.76 bits per heavy atom. The second-order valence-electron chi connectivity index (χ2n) is 5.86. The Kier molecular flexibility index (Phi) is 5.22. The number of aryl methyl sites for hydroxylation is 2. The molecule has 2 aromatic heterocycles. The van der Waals surface area contributed by atoms with E-state index in [1.807, 2.05) is 17.9 Å². The van der Waals surface area contributed by atoms with Gasteiger partial charge in [0.1, 0.15) is 0 Å². The van der Waals surface area contributed by atoms with Gasteiger partial charge in [0.05, 0.1) is 19.4 Å². The normalized spacial score (nSPS) is 14.6. The highest BCUT2D eigenvalue weighted by Crippen LogP contribution is 2.18. The molecule has 0 bridgehead atoms. The maximum Gasteiger partial charge on any atom is 0.348 e. The van der Waals surface area contributed by atoms with Gasteiger partial charge in [-0.1, -0.05) is 0 Å². The van der Waals surface area contributed by atoms with Crippen molar-refractivity contribution in [3.8, 4) is 0 Å². The van der Waals surface area contributed by atoms with Gasteiger partial charge in [0, 0.05) is 37.6 Å². The minimum atomic E-state index is -0.456. The molecule has 134 valence electrons. The van der Waals surface area contributed by atoms with Gasteiger partial charge in [-0.05, 0) is 19.9 Å². The largest absolute Gasteiger partial charge is 0.378 e. The molecule has 8 nitrogen and oxygen atoms in total. The van der Waals surface area contributed by atoms with E-state index in [0.717, 1.165) is 11.9 Å². The lowest BCUT2D eigenvalue weighted by molar-refractivity contribution is 0.122. The van der Waals surface area contributed by atoms with Crippen LogP contribution in [0.15, 0.2) is 17.1 Å². The van der Waals surface area contributed by atoms with E-state index in [2.05, 4.69) is 20.3 Å². The standard InChI is InChI=1S/C16H21FN6O2/c1-11-9-12(2)23(16(24)20-11)4-3-18-15-19-10-13(17)14(21-15)22-5-7-25-8-6-22/h9-10H,3-8H2,1-2H3,(H,18,19,21). The van der Waals surface area contributed by atoms with Crippen LogP contribution in [-0.4, -0.2) is 52.4 Å². The molecule has 1 N–H and O–H groups in total. The van der Waals surface area contributed by atoms with E-state index in [9.17, 15) is 9.18 Å². The van der Waals surface area contributed by atoms with Crippen LogP contribution in [0.5, 0.6) is 0 Å². The summed E-state index contributed by atoms with van der Waals surface area (Å²) in [6.07, 6.45) is 1.16. The van der Waals surface area contributed by atoms with Crippen LogP contribution in [0.2, 0.25) is 0 Å². The molecular weight excluding hydrogens is 327 g/mol. The summed E-state index contributed by atoms with van der Waals surface area (Å²) in [5.41, 5.74) is 1.25. The molecule has 0 aliphatic carbocycles. The maximum absolute atomic E-state index is 14.0. The van der Waals surface area contributed by atoms with E-state index in [-0.39, 0.29) is 11.5 Å². The van der Waals surface area contributed by atoms with Gasteiger partial charge in [-0.15, -0.1) is 0 Å². The maximum atomic E-state index is 14.0. The fourth-order valence-electron chi connectivity index (χ4n) is 2.77. The van der Waals surface area contributed by atoms with Crippen LogP contribution < -0.4 is 15.9 Å². The van der Waals surface area contributed by atoms with Crippen molar-refractivity contribution in [1.29, 1.82) is 0 Å². The van der Waals surface area contributed by atoms with E-state index in [4.69, 9.17) is 4.74 Å². The number of hydrogen-bond acceptors (Lipinski definition) is 7. The van der Waals surface area contributed by atoms with Crippen molar-refractivity contribution in [2.75, 3.05) is 43.1 Å². The van der Waals surface area contributed by atoms with Crippen molar-refractivity contribution >= 4 is 11.8 Å². The summed E-state index contributed by atoms with van der Waals surface area (Å²) < 4.78 is 20.8. The third-order valence-electron chi connectivity index (χ3n) is 4.00. The third-order valence-corrected chi connectivity index (χ3v) is 4.00. The summed E-state index contributed by atoms with van der Waals surface area (Å²) >= 11 is 0. The molecule has 0 saturated carbocycles. The SMILES string of the molecule is Cc1cc(C)n(CCNc2ncc(F)c(N3CCOCC3)n2)c(=O)n1. The van der Waals surface area contributed by atoms with Crippen molar-refractivity contribution in [2.24, 2.45) is 0 Å². The first kappa shape index (κ1) is 17.3. The van der Waals surface area contributed by atoms with E-state index in [1.165, 1.54) is 0 Å². The summed E-state index contributed by atoms with van der Waals surface area (Å²) in [6.45, 7) is 6.79. The number of nitrogens with zero attached hydrogens (tertiary/aromatic N) is 5. The molecule has 0 atom stereocenters. The van der Waals surface area contributed by atoms with Gasteiger partial charge in [0.25, 0.3) is 0 Å². The lowest BCUT2D eigenvalue weighted by atomic mass is 10.3. The zero-order chi connectivity index (χ0) is 17.8. The number of halogens is 1. The van der Waals surface area contributed by atoms with Crippen molar-refractivity contribution < 1.29 is 9.13 Å². The smallest absolute Gasteiger partial charge is 0.348 e. The molecule has 1 saturated heterocycles. The van der Waals surface area contributed by atoms with Crippen molar-refractivity contribution in [3.63, 3.8) is 0 Å². The van der Waals surface area contributed by atoms with Gasteiger partial charge >= 0.3 is 5.69 Å². The van der Waals surface area contributed by atoms with E-state index < -0.39 is 5.82 Å². The Morgan fingerprint density at radius 1 is 1.28 bits per heavy atom. The molecule has 1 aliphatic heterocycles. The number of anilines is 2. The molecule has 2 aromatic rings. The Hall–Kier alpha value is -2.55. The minimum absolute atomic E-state index is 0.270. The van der Waals surface area contributed by atoms with Crippen molar-refractivity contribution in [1.82, 2.24) is 19.5 Å². The van der Waals surface area contributed by atoms with Crippen LogP contribution in [0.4, 0.5) is 16.2 Å². The molecule has 0 aromatic carbocycles. The zero-order valence-corrected chi connectivity index (χ0v) is 14.3. The number of rotatable bonds is 5. The highest BCUT2D eigenvalue weighted by atomic mass is 19.1. The average molecular weight is 348 g/mol. The van der Waals surface area contributed by atoms with Crippen molar-refractivity contribution in [3.05, 3.63) is 40.0 Å². The molecule has 0 amide bonds. The molecular formula is C16H21FN6O2. The predicted octanol–water partition coefficient (Wildman–Crippen LogP) is 0.738. The summed E-state index contributed by atoms with van der Waals surface area (Å²) in [4.78, 5) is 25.9. The molecule has 0 unspecified atom stereocenters. The molecule has 9 heteroatoms. The minimum Gasteiger partial charge on any atom is -0.378 e. The molecule has 3 rings (SSSR count). The van der Waals surface area contributed by atoms with Crippen molar-refractivity contribution in [2.45, 2.75) is 20.4 Å². The van der Waals surface area contributed by atoms with Crippen LogP contribution in [-0.2, 0) is 11.3 Å². The Balaban J connectivity index is 1.67. The quantitative estimate of drug-likeness (QED) is 0.853. The first-order chi connectivity index (χ1) is 12.0. The first-order valence-electron chi connectivity index (χ1n) is 8.19. The lowest BCUT2D eigenvalue weighted by Crippen LogP contribution is -2.37. The number of hydrogen-bond donors (Lipinski definition) is 1. The van der Waals surface area contributed by atoms with Crippen LogP contribution in [0.1, 0.15) is 11.4 Å². The molecule has 25 heavy (non-hydrogen) atoms. The topological polar surface area (TPSA) is 85.2 Å². The fraction of sp³-hybridized carbons (Fsp3) is 0.500. The summed E-state index contributed by atoms with van der Waals surface area (Å²) in [5.74, 6) is 0.141. The Bertz CT molecular complexity index is 804. The predicted molar refractivity (Wildman–Crippen MR) is 91.5 cm³/mol. The monoisotopic (exact) mass is 348 g/mol. The second kappa shape index (κ2) is 7.56. The second-order valence-corrected chi connectivity index (χ2v) is 5.86. The first-order valence-corrected chi connectivity index (χ1v) is 8.19. The summed E-state index contributed by atoms with van der Waals surface area (Å²) in [5, 5.41) is 3.03. The Morgan fingerprint density at radius 2 is 2.04 bits per heavy atom. The zero-order valence-electron chi connectivity index (χ0n) is 14.3. The number of morpholine rings is 1. The number of aromatic nitrogens is 4. The number of ether oxygens (including phenoxy) is 1. The van der Waals surface area contributed by atoms with Crippen LogP contribution in [0.25, 0.3) is 0 Å². The van der Waals surface area contributed by atoms with E-state index in [0.29, 0.717) is 51.0 Å². The molecule has 0 radical (unpaired) electrons. The number of nitrogens with one attached hydrogen (secondary N) is 1. The third kappa shape index (κ3) is 4.11. The highest BCUT2D eigenvalue weighted by Gasteiger charge is 2.17. The molecule has 1 fully saturated rings. The van der Waals surface area contributed by atoms with Gasteiger partial charge in [-0.25, -0.2) is 14.2 Å². The van der Waals surface area contributed by atoms with Crippen LogP contribution in [0, 0.1) is 19.7 Å². The average Bonchev–Trinajstić information content (AvgIpc) is 2.59. The van der Waals surface area contributed by atoms with Crippen LogP contribution in [0.3, 0.4) is 0 Å². The molecule has 1 aliphatic rings. The van der Waals surface area contributed by atoms with Gasteiger partial charge in [-0.2, -0.15) is 9.97 Å². The van der Waals surface area contributed by atoms with Gasteiger partial charge in [0.15, 0.2) is 11.6 Å². The fourth-order valence-corrected chi connectivity index (χ4v) is 2.77. The van der Waals surface area contributed by atoms with E-state index >= 15 is 0 Å². The van der Waals surface area contributed by atoms with Gasteiger partial charge in [0.2, 0.25) is 5.95 Å². The highest BCUT2D eigenvalue weighted by molar-refractivity contribution is 5.44. The van der Waals surface area contributed by atoms with Gasteiger partial charge in [-0.3, -0.25) is 4.57 Å². The van der Waals surface area contributed by atoms with E-state index in [1.54, 1.807) is 11.5 Å².